The van der Waals surface area contributed by atoms with Crippen molar-refractivity contribution in [3.63, 3.8) is 0 Å². The van der Waals surface area contributed by atoms with Crippen molar-refractivity contribution in [2.75, 3.05) is 5.73 Å². The molecule has 1 aliphatic rings. The second-order valence-corrected chi connectivity index (χ2v) is 5.15. The summed E-state index contributed by atoms with van der Waals surface area (Å²) in [5.74, 6) is 0.265. The molecule has 0 bridgehead atoms. The molecule has 0 saturated carbocycles. The first-order chi connectivity index (χ1) is 9.56. The Morgan fingerprint density at radius 2 is 2.20 bits per heavy atom. The quantitative estimate of drug-likeness (QED) is 0.348. The molecule has 20 heavy (non-hydrogen) atoms. The Morgan fingerprint density at radius 1 is 1.40 bits per heavy atom. The first-order valence-electron chi connectivity index (χ1n) is 6.20. The van der Waals surface area contributed by atoms with Gasteiger partial charge < -0.3 is 31.2 Å². The van der Waals surface area contributed by atoms with E-state index in [-0.39, 0.29) is 12.0 Å². The van der Waals surface area contributed by atoms with Gasteiger partial charge in [0.25, 0.3) is 0 Å². The third kappa shape index (κ3) is 2.22. The van der Waals surface area contributed by atoms with Crippen molar-refractivity contribution in [3.8, 4) is 0 Å². The molecule has 0 spiro atoms. The maximum Gasteiger partial charge on any atom is 0.200 e. The Hall–Kier alpha value is -1.74. The van der Waals surface area contributed by atoms with Crippen molar-refractivity contribution >= 4 is 29.2 Å². The van der Waals surface area contributed by atoms with Crippen LogP contribution in [0, 0.1) is 4.64 Å². The second-order valence-electron chi connectivity index (χ2n) is 4.76. The number of nitrogen functional groups attached to an aromatic ring is 1. The summed E-state index contributed by atoms with van der Waals surface area (Å²) in [6.07, 6.45) is 3.49. The lowest BCUT2D eigenvalue weighted by Gasteiger charge is -2.17. The summed E-state index contributed by atoms with van der Waals surface area (Å²) >= 11 is 5.21. The van der Waals surface area contributed by atoms with Crippen LogP contribution in [-0.4, -0.2) is 43.4 Å². The molecule has 3 rings (SSSR count). The Bertz CT molecular complexity index is 722. The zero-order chi connectivity index (χ0) is 14.3. The Balaban J connectivity index is 1.82. The van der Waals surface area contributed by atoms with E-state index in [1.807, 2.05) is 6.20 Å². The molecule has 8 heteroatoms. The van der Waals surface area contributed by atoms with Gasteiger partial charge in [-0.2, -0.15) is 0 Å². The summed E-state index contributed by atoms with van der Waals surface area (Å²) in [6.45, 7) is 0.488. The van der Waals surface area contributed by atoms with Gasteiger partial charge in [0, 0.05) is 12.7 Å². The lowest BCUT2D eigenvalue weighted by atomic mass is 10.1. The maximum atomic E-state index is 9.75. The SMILES string of the molecule is Nc1nc(=S)c2c(CNC3C=C[C@H](O)C3O)c[nH]c2[nH]1. The molecule has 0 aliphatic heterocycles. The average molecular weight is 293 g/mol. The number of hydrogen-bond acceptors (Lipinski definition) is 6. The van der Waals surface area contributed by atoms with E-state index >= 15 is 0 Å². The normalized spacial score (nSPS) is 25.6. The molecule has 0 radical (unpaired) electrons. The van der Waals surface area contributed by atoms with E-state index in [0.29, 0.717) is 11.2 Å². The number of hydrogen-bond donors (Lipinski definition) is 6. The van der Waals surface area contributed by atoms with Crippen LogP contribution in [0.4, 0.5) is 5.95 Å². The van der Waals surface area contributed by atoms with E-state index in [9.17, 15) is 10.2 Å². The predicted octanol–water partition coefficient (Wildman–Crippen LogP) is -0.0475. The molecule has 7 N–H and O–H groups in total. The standard InChI is InChI=1S/C12H15N5O2S/c13-12-16-10-8(11(20)17-12)5(4-15-10)3-14-6-1-2-7(18)9(6)19/h1-2,4,6-7,9,14,18-19H,3H2,(H4,13,15,16,17,20)/t6?,7-,9?/m0/s1. The molecule has 7 nitrogen and oxygen atoms in total. The Labute approximate surface area is 119 Å². The highest BCUT2D eigenvalue weighted by Crippen LogP contribution is 2.19. The van der Waals surface area contributed by atoms with Gasteiger partial charge in [0.1, 0.15) is 16.4 Å². The topological polar surface area (TPSA) is 123 Å². The summed E-state index contributed by atoms with van der Waals surface area (Å²) in [7, 11) is 0. The van der Waals surface area contributed by atoms with Crippen LogP contribution in [0.3, 0.4) is 0 Å². The minimum absolute atomic E-state index is 0.265. The second kappa shape index (κ2) is 4.98. The lowest BCUT2D eigenvalue weighted by molar-refractivity contribution is 0.0441. The van der Waals surface area contributed by atoms with Crippen LogP contribution < -0.4 is 11.1 Å². The first kappa shape index (κ1) is 13.3. The van der Waals surface area contributed by atoms with Gasteiger partial charge in [0.05, 0.1) is 17.5 Å². The number of nitrogens with two attached hydrogens (primary N) is 1. The van der Waals surface area contributed by atoms with Crippen molar-refractivity contribution < 1.29 is 10.2 Å². The third-order valence-electron chi connectivity index (χ3n) is 3.41. The van der Waals surface area contributed by atoms with Crippen molar-refractivity contribution in [1.82, 2.24) is 20.3 Å². The van der Waals surface area contributed by atoms with Crippen molar-refractivity contribution in [1.29, 1.82) is 0 Å². The number of nitrogens with zero attached hydrogens (tertiary/aromatic N) is 1. The van der Waals surface area contributed by atoms with Crippen molar-refractivity contribution in [2.24, 2.45) is 0 Å². The van der Waals surface area contributed by atoms with Gasteiger partial charge in [0.15, 0.2) is 5.95 Å². The molecule has 106 valence electrons. The van der Waals surface area contributed by atoms with Crippen LogP contribution in [0.15, 0.2) is 18.3 Å². The Morgan fingerprint density at radius 3 is 2.90 bits per heavy atom. The summed E-state index contributed by atoms with van der Waals surface area (Å²) in [4.78, 5) is 9.99. The van der Waals surface area contributed by atoms with Gasteiger partial charge in [-0.1, -0.05) is 24.4 Å². The molecule has 0 saturated heterocycles. The summed E-state index contributed by atoms with van der Waals surface area (Å²) in [5, 5.41) is 23.2. The summed E-state index contributed by atoms with van der Waals surface area (Å²) in [6, 6.07) is -0.283. The smallest absolute Gasteiger partial charge is 0.200 e. The number of H-pyrrole nitrogens is 2. The fourth-order valence-corrected chi connectivity index (χ4v) is 2.69. The molecular weight excluding hydrogens is 278 g/mol. The van der Waals surface area contributed by atoms with E-state index in [0.717, 1.165) is 16.6 Å². The van der Waals surface area contributed by atoms with Gasteiger partial charge >= 0.3 is 0 Å². The van der Waals surface area contributed by atoms with Gasteiger partial charge in [-0.3, -0.25) is 0 Å². The van der Waals surface area contributed by atoms with E-state index in [1.54, 1.807) is 12.2 Å². The molecular formula is C12H15N5O2S. The fraction of sp³-hybridized carbons (Fsp3) is 0.333. The molecule has 2 unspecified atom stereocenters. The van der Waals surface area contributed by atoms with Crippen LogP contribution >= 0.6 is 12.2 Å². The van der Waals surface area contributed by atoms with Crippen molar-refractivity contribution in [2.45, 2.75) is 24.8 Å². The minimum atomic E-state index is -0.830. The Kier molecular flexibility index (Phi) is 3.30. The number of fused-ring (bicyclic) bond motifs is 1. The monoisotopic (exact) mass is 293 g/mol. The number of aromatic amines is 2. The van der Waals surface area contributed by atoms with Crippen LogP contribution in [0.25, 0.3) is 11.0 Å². The third-order valence-corrected chi connectivity index (χ3v) is 3.71. The predicted molar refractivity (Wildman–Crippen MR) is 77.5 cm³/mol. The zero-order valence-electron chi connectivity index (χ0n) is 10.5. The summed E-state index contributed by atoms with van der Waals surface area (Å²) in [5.41, 5.74) is 7.25. The highest BCUT2D eigenvalue weighted by molar-refractivity contribution is 7.71. The van der Waals surface area contributed by atoms with E-state index in [1.165, 1.54) is 0 Å². The molecule has 1 aliphatic carbocycles. The number of aliphatic hydroxyl groups is 2. The van der Waals surface area contributed by atoms with Crippen LogP contribution in [0.5, 0.6) is 0 Å². The minimum Gasteiger partial charge on any atom is -0.388 e. The first-order valence-corrected chi connectivity index (χ1v) is 6.60. The number of rotatable bonds is 3. The average Bonchev–Trinajstić information content (AvgIpc) is 2.93. The number of anilines is 1. The molecule has 3 atom stereocenters. The molecule has 0 amide bonds. The molecule has 2 heterocycles. The highest BCUT2D eigenvalue weighted by Gasteiger charge is 2.27. The number of aromatic nitrogens is 3. The number of nitrogens with one attached hydrogen (secondary N) is 3. The molecule has 2 aromatic heterocycles. The van der Waals surface area contributed by atoms with E-state index < -0.39 is 12.2 Å². The van der Waals surface area contributed by atoms with Crippen molar-refractivity contribution in [3.05, 3.63) is 28.6 Å². The van der Waals surface area contributed by atoms with Gasteiger partial charge in [-0.25, -0.2) is 4.98 Å². The van der Waals surface area contributed by atoms with Gasteiger partial charge in [0.2, 0.25) is 0 Å². The number of aliphatic hydroxyl groups excluding tert-OH is 2. The largest absolute Gasteiger partial charge is 0.388 e. The van der Waals surface area contributed by atoms with Gasteiger partial charge in [-0.05, 0) is 5.56 Å². The highest BCUT2D eigenvalue weighted by atomic mass is 32.1. The zero-order valence-corrected chi connectivity index (χ0v) is 11.3. The van der Waals surface area contributed by atoms with Gasteiger partial charge in [-0.15, -0.1) is 0 Å². The van der Waals surface area contributed by atoms with Crippen LogP contribution in [0.1, 0.15) is 5.56 Å². The van der Waals surface area contributed by atoms with Crippen LogP contribution in [0.2, 0.25) is 0 Å². The lowest BCUT2D eigenvalue weighted by Crippen LogP contribution is -2.39. The van der Waals surface area contributed by atoms with E-state index in [4.69, 9.17) is 18.0 Å². The fourth-order valence-electron chi connectivity index (χ4n) is 2.36. The van der Waals surface area contributed by atoms with E-state index in [2.05, 4.69) is 20.3 Å². The van der Waals surface area contributed by atoms with Crippen LogP contribution in [-0.2, 0) is 6.54 Å². The molecule has 0 aromatic carbocycles. The molecule has 0 fully saturated rings. The maximum absolute atomic E-state index is 9.75. The molecule has 2 aromatic rings. The summed E-state index contributed by atoms with van der Waals surface area (Å²) < 4.78 is 0.428.